The zero-order valence-electron chi connectivity index (χ0n) is 18.5. The highest BCUT2D eigenvalue weighted by molar-refractivity contribution is 5.90. The van der Waals surface area contributed by atoms with Crippen molar-refractivity contribution in [1.82, 2.24) is 30.0 Å². The van der Waals surface area contributed by atoms with Crippen molar-refractivity contribution in [1.29, 1.82) is 0 Å². The average molecular weight is 432 g/mol. The third kappa shape index (κ3) is 4.51. The number of anilines is 2. The van der Waals surface area contributed by atoms with Crippen LogP contribution in [-0.4, -0.2) is 37.2 Å². The first-order valence-corrected chi connectivity index (χ1v) is 10.2. The van der Waals surface area contributed by atoms with Gasteiger partial charge in [-0.05, 0) is 18.1 Å². The van der Waals surface area contributed by atoms with Crippen LogP contribution in [0, 0.1) is 6.92 Å². The molecule has 0 unspecified atom stereocenters. The number of hydrogen-bond donors (Lipinski definition) is 2. The Kier molecular flexibility index (Phi) is 5.72. The van der Waals surface area contributed by atoms with Gasteiger partial charge in [-0.1, -0.05) is 44.2 Å². The van der Waals surface area contributed by atoms with Gasteiger partial charge < -0.3 is 15.1 Å². The molecule has 0 atom stereocenters. The Morgan fingerprint density at radius 1 is 1.16 bits per heavy atom. The van der Waals surface area contributed by atoms with Crippen LogP contribution in [0.5, 0.6) is 0 Å². The van der Waals surface area contributed by atoms with Crippen molar-refractivity contribution in [2.24, 2.45) is 7.05 Å². The third-order valence-corrected chi connectivity index (χ3v) is 5.22. The number of benzene rings is 1. The predicted octanol–water partition coefficient (Wildman–Crippen LogP) is 3.62. The number of nitrogens with one attached hydrogen (secondary N) is 2. The van der Waals surface area contributed by atoms with Gasteiger partial charge in [0.1, 0.15) is 23.5 Å². The third-order valence-electron chi connectivity index (χ3n) is 5.22. The van der Waals surface area contributed by atoms with Gasteiger partial charge >= 0.3 is 5.91 Å². The Morgan fingerprint density at radius 2 is 1.94 bits per heavy atom. The Morgan fingerprint density at radius 3 is 2.66 bits per heavy atom. The van der Waals surface area contributed by atoms with Gasteiger partial charge in [0.25, 0.3) is 5.89 Å². The standard InChI is InChI=1S/C23H25N7O2/c1-15-12-24-22(28-18-10-11-26-30(18)4)29-19(15)17-13-32-21(27-17)20(31)25-14-23(2,3)16-8-6-5-7-9-16/h5-13H,14H2,1-4H3,(H,25,31)(H,24,28,29). The zero-order valence-corrected chi connectivity index (χ0v) is 18.5. The van der Waals surface area contributed by atoms with Gasteiger partial charge in [0.05, 0.1) is 6.20 Å². The number of rotatable bonds is 7. The highest BCUT2D eigenvalue weighted by atomic mass is 16.4. The van der Waals surface area contributed by atoms with Crippen molar-refractivity contribution >= 4 is 17.7 Å². The lowest BCUT2D eigenvalue weighted by Crippen LogP contribution is -2.36. The number of hydrogen-bond acceptors (Lipinski definition) is 7. The van der Waals surface area contributed by atoms with Crippen LogP contribution in [0.2, 0.25) is 0 Å². The quantitative estimate of drug-likeness (QED) is 0.460. The molecule has 9 nitrogen and oxygen atoms in total. The van der Waals surface area contributed by atoms with Gasteiger partial charge in [-0.25, -0.2) is 15.0 Å². The lowest BCUT2D eigenvalue weighted by molar-refractivity contribution is 0.0911. The molecule has 3 aromatic heterocycles. The van der Waals surface area contributed by atoms with Crippen LogP contribution in [0.15, 0.2) is 59.5 Å². The fourth-order valence-electron chi connectivity index (χ4n) is 3.23. The molecule has 4 rings (SSSR count). The maximum Gasteiger partial charge on any atom is 0.307 e. The fraction of sp³-hybridized carbons (Fsp3) is 0.261. The van der Waals surface area contributed by atoms with Gasteiger partial charge in [0.15, 0.2) is 0 Å². The molecule has 0 saturated carbocycles. The molecule has 0 fully saturated rings. The van der Waals surface area contributed by atoms with Gasteiger partial charge in [0.2, 0.25) is 5.95 Å². The van der Waals surface area contributed by atoms with E-state index in [0.29, 0.717) is 23.9 Å². The second-order valence-electron chi connectivity index (χ2n) is 8.16. The van der Waals surface area contributed by atoms with E-state index in [1.54, 1.807) is 17.1 Å². The van der Waals surface area contributed by atoms with Crippen LogP contribution in [0.1, 0.15) is 35.7 Å². The summed E-state index contributed by atoms with van der Waals surface area (Å²) in [6.45, 7) is 6.47. The van der Waals surface area contributed by atoms with Gasteiger partial charge in [-0.2, -0.15) is 5.10 Å². The summed E-state index contributed by atoms with van der Waals surface area (Å²) in [6.07, 6.45) is 4.80. The fourth-order valence-corrected chi connectivity index (χ4v) is 3.23. The molecule has 2 N–H and O–H groups in total. The van der Waals surface area contributed by atoms with Crippen molar-refractivity contribution in [2.75, 3.05) is 11.9 Å². The molecular formula is C23H25N7O2. The summed E-state index contributed by atoms with van der Waals surface area (Å²) in [5, 5.41) is 10.1. The minimum atomic E-state index is -0.375. The summed E-state index contributed by atoms with van der Waals surface area (Å²) >= 11 is 0. The van der Waals surface area contributed by atoms with Crippen molar-refractivity contribution in [3.05, 3.63) is 72.1 Å². The van der Waals surface area contributed by atoms with Gasteiger partial charge in [-0.3, -0.25) is 9.48 Å². The molecule has 164 valence electrons. The highest BCUT2D eigenvalue weighted by Crippen LogP contribution is 2.24. The lowest BCUT2D eigenvalue weighted by atomic mass is 9.84. The summed E-state index contributed by atoms with van der Waals surface area (Å²) in [5.41, 5.74) is 2.76. The first-order valence-electron chi connectivity index (χ1n) is 10.2. The molecule has 9 heteroatoms. The smallest absolute Gasteiger partial charge is 0.307 e. The van der Waals surface area contributed by atoms with Crippen LogP contribution in [0.3, 0.4) is 0 Å². The van der Waals surface area contributed by atoms with E-state index in [4.69, 9.17) is 4.42 Å². The topological polar surface area (TPSA) is 111 Å². The Balaban J connectivity index is 1.48. The SMILES string of the molecule is Cc1cnc(Nc2ccnn2C)nc1-c1coc(C(=O)NCC(C)(C)c2ccccc2)n1. The van der Waals surface area contributed by atoms with Gasteiger partial charge in [0, 0.05) is 31.3 Å². The van der Waals surface area contributed by atoms with Crippen LogP contribution < -0.4 is 10.6 Å². The first-order chi connectivity index (χ1) is 15.3. The van der Waals surface area contributed by atoms with Crippen LogP contribution in [0.25, 0.3) is 11.4 Å². The van der Waals surface area contributed by atoms with E-state index in [1.165, 1.54) is 6.26 Å². The van der Waals surface area contributed by atoms with E-state index < -0.39 is 0 Å². The number of carbonyl (C=O) groups is 1. The van der Waals surface area contributed by atoms with E-state index in [-0.39, 0.29) is 17.2 Å². The number of amides is 1. The molecule has 4 aromatic rings. The summed E-state index contributed by atoms with van der Waals surface area (Å²) in [5.74, 6) is 0.761. The molecule has 0 radical (unpaired) electrons. The molecule has 0 aliphatic rings. The van der Waals surface area contributed by atoms with Crippen molar-refractivity contribution in [3.8, 4) is 11.4 Å². The van der Waals surface area contributed by atoms with E-state index in [9.17, 15) is 4.79 Å². The molecule has 3 heterocycles. The van der Waals surface area contributed by atoms with Gasteiger partial charge in [-0.15, -0.1) is 0 Å². The number of aromatic nitrogens is 5. The number of oxazole rings is 1. The lowest BCUT2D eigenvalue weighted by Gasteiger charge is -2.25. The van der Waals surface area contributed by atoms with Crippen molar-refractivity contribution < 1.29 is 9.21 Å². The molecule has 0 aliphatic heterocycles. The Bertz CT molecular complexity index is 1230. The normalized spacial score (nSPS) is 11.4. The maximum absolute atomic E-state index is 12.6. The van der Waals surface area contributed by atoms with Crippen molar-refractivity contribution in [2.45, 2.75) is 26.2 Å². The van der Waals surface area contributed by atoms with E-state index in [0.717, 1.165) is 16.9 Å². The summed E-state index contributed by atoms with van der Waals surface area (Å²) in [7, 11) is 1.82. The summed E-state index contributed by atoms with van der Waals surface area (Å²) in [4.78, 5) is 25.8. The van der Waals surface area contributed by atoms with E-state index in [1.807, 2.05) is 50.4 Å². The molecule has 1 amide bonds. The highest BCUT2D eigenvalue weighted by Gasteiger charge is 2.23. The number of carbonyl (C=O) groups excluding carboxylic acids is 1. The monoisotopic (exact) mass is 431 g/mol. The zero-order chi connectivity index (χ0) is 22.7. The average Bonchev–Trinajstić information content (AvgIpc) is 3.44. The minimum Gasteiger partial charge on any atom is -0.440 e. The molecule has 1 aromatic carbocycles. The molecule has 32 heavy (non-hydrogen) atoms. The molecule has 0 saturated heterocycles. The van der Waals surface area contributed by atoms with E-state index in [2.05, 4.69) is 44.5 Å². The predicted molar refractivity (Wildman–Crippen MR) is 121 cm³/mol. The second kappa shape index (κ2) is 8.62. The molecule has 0 aliphatic carbocycles. The van der Waals surface area contributed by atoms with E-state index >= 15 is 0 Å². The summed E-state index contributed by atoms with van der Waals surface area (Å²) in [6, 6.07) is 11.9. The molecule has 0 spiro atoms. The molecule has 0 bridgehead atoms. The number of nitrogens with zero attached hydrogens (tertiary/aromatic N) is 5. The number of aryl methyl sites for hydroxylation is 2. The first kappa shape index (κ1) is 21.2. The van der Waals surface area contributed by atoms with Crippen molar-refractivity contribution in [3.63, 3.8) is 0 Å². The second-order valence-corrected chi connectivity index (χ2v) is 8.16. The van der Waals surface area contributed by atoms with Crippen LogP contribution in [-0.2, 0) is 12.5 Å². The van der Waals surface area contributed by atoms with Crippen LogP contribution in [0.4, 0.5) is 11.8 Å². The Hall–Kier alpha value is -4.01. The van der Waals surface area contributed by atoms with Crippen LogP contribution >= 0.6 is 0 Å². The molecular weight excluding hydrogens is 406 g/mol. The Labute approximate surface area is 185 Å². The minimum absolute atomic E-state index is 0.0111. The summed E-state index contributed by atoms with van der Waals surface area (Å²) < 4.78 is 7.13. The maximum atomic E-state index is 12.6. The largest absolute Gasteiger partial charge is 0.440 e.